The zero-order chi connectivity index (χ0) is 15.5. The van der Waals surface area contributed by atoms with E-state index in [9.17, 15) is 0 Å². The van der Waals surface area contributed by atoms with Crippen molar-refractivity contribution in [3.05, 3.63) is 29.8 Å². The van der Waals surface area contributed by atoms with Crippen LogP contribution in [0.3, 0.4) is 0 Å². The van der Waals surface area contributed by atoms with Crippen LogP contribution in [0.5, 0.6) is 5.75 Å². The van der Waals surface area contributed by atoms with E-state index in [0.717, 1.165) is 43.9 Å². The number of ether oxygens (including phenoxy) is 1. The Kier molecular flexibility index (Phi) is 11.9. The first-order valence-corrected chi connectivity index (χ1v) is 7.52. The molecule has 3 N–H and O–H groups in total. The Hall–Kier alpha value is -1.02. The number of hydrogen-bond acceptors (Lipinski definition) is 3. The number of nitrogens with two attached hydrogens (primary N) is 1. The van der Waals surface area contributed by atoms with E-state index in [-0.39, 0.29) is 24.0 Å². The Morgan fingerprint density at radius 2 is 1.95 bits per heavy atom. The summed E-state index contributed by atoms with van der Waals surface area (Å²) in [6.07, 6.45) is 2.06. The van der Waals surface area contributed by atoms with E-state index >= 15 is 0 Å². The van der Waals surface area contributed by atoms with Gasteiger partial charge < -0.3 is 20.7 Å². The van der Waals surface area contributed by atoms with Crippen LogP contribution in [-0.4, -0.2) is 44.7 Å². The molecule has 0 fully saturated rings. The highest BCUT2D eigenvalue weighted by Crippen LogP contribution is 2.13. The summed E-state index contributed by atoms with van der Waals surface area (Å²) in [5.41, 5.74) is 6.88. The number of nitrogens with zero attached hydrogens (tertiary/aromatic N) is 2. The molecule has 0 amide bonds. The normalized spacial score (nSPS) is 11.2. The van der Waals surface area contributed by atoms with E-state index in [4.69, 9.17) is 10.5 Å². The van der Waals surface area contributed by atoms with Crippen LogP contribution in [0.25, 0.3) is 0 Å². The van der Waals surface area contributed by atoms with Crippen LogP contribution in [0.1, 0.15) is 25.3 Å². The number of hydrogen-bond donors (Lipinski definition) is 2. The van der Waals surface area contributed by atoms with Crippen molar-refractivity contribution in [1.82, 2.24) is 10.2 Å². The van der Waals surface area contributed by atoms with Gasteiger partial charge in [0.2, 0.25) is 0 Å². The fourth-order valence-electron chi connectivity index (χ4n) is 1.75. The third-order valence-corrected chi connectivity index (χ3v) is 2.93. The number of aliphatic imine (C=N–C) groups is 1. The van der Waals surface area contributed by atoms with Gasteiger partial charge in [0.1, 0.15) is 5.75 Å². The molecule has 0 spiro atoms. The summed E-state index contributed by atoms with van der Waals surface area (Å²) in [4.78, 5) is 6.45. The minimum Gasteiger partial charge on any atom is -0.494 e. The predicted octanol–water partition coefficient (Wildman–Crippen LogP) is 2.45. The maximum Gasteiger partial charge on any atom is 0.188 e. The van der Waals surface area contributed by atoms with E-state index in [0.29, 0.717) is 12.5 Å². The summed E-state index contributed by atoms with van der Waals surface area (Å²) in [6.45, 7) is 5.32. The zero-order valence-electron chi connectivity index (χ0n) is 13.8. The zero-order valence-corrected chi connectivity index (χ0v) is 16.2. The third-order valence-electron chi connectivity index (χ3n) is 2.93. The average molecular weight is 420 g/mol. The summed E-state index contributed by atoms with van der Waals surface area (Å²) in [6, 6.07) is 8.02. The SMILES string of the molecule is CCCNC(N)=NCc1ccc(OCCCN(C)C)cc1.I. The third kappa shape index (κ3) is 9.83. The summed E-state index contributed by atoms with van der Waals surface area (Å²) in [5, 5.41) is 3.06. The lowest BCUT2D eigenvalue weighted by atomic mass is 10.2. The minimum atomic E-state index is 0. The Morgan fingerprint density at radius 3 is 2.55 bits per heavy atom. The molecule has 5 nitrogen and oxygen atoms in total. The van der Waals surface area contributed by atoms with Crippen molar-refractivity contribution >= 4 is 29.9 Å². The monoisotopic (exact) mass is 420 g/mol. The fourth-order valence-corrected chi connectivity index (χ4v) is 1.75. The number of benzene rings is 1. The highest BCUT2D eigenvalue weighted by molar-refractivity contribution is 14.0. The van der Waals surface area contributed by atoms with E-state index in [1.807, 2.05) is 24.3 Å². The summed E-state index contributed by atoms with van der Waals surface area (Å²) in [5.74, 6) is 1.40. The summed E-state index contributed by atoms with van der Waals surface area (Å²) < 4.78 is 5.69. The van der Waals surface area contributed by atoms with Crippen LogP contribution < -0.4 is 15.8 Å². The van der Waals surface area contributed by atoms with E-state index in [1.54, 1.807) is 0 Å². The minimum absolute atomic E-state index is 0. The van der Waals surface area contributed by atoms with Crippen molar-refractivity contribution in [3.63, 3.8) is 0 Å². The molecule has 126 valence electrons. The van der Waals surface area contributed by atoms with Gasteiger partial charge in [0.15, 0.2) is 5.96 Å². The van der Waals surface area contributed by atoms with E-state index in [1.165, 1.54) is 0 Å². The molecule has 22 heavy (non-hydrogen) atoms. The van der Waals surface area contributed by atoms with Gasteiger partial charge in [-0.15, -0.1) is 24.0 Å². The van der Waals surface area contributed by atoms with Gasteiger partial charge in [-0.25, -0.2) is 4.99 Å². The van der Waals surface area contributed by atoms with Gasteiger partial charge in [0, 0.05) is 13.1 Å². The largest absolute Gasteiger partial charge is 0.494 e. The van der Waals surface area contributed by atoms with Crippen molar-refractivity contribution in [2.45, 2.75) is 26.3 Å². The second-order valence-corrected chi connectivity index (χ2v) is 5.28. The topological polar surface area (TPSA) is 62.9 Å². The molecule has 0 saturated carbocycles. The van der Waals surface area contributed by atoms with Crippen LogP contribution in [-0.2, 0) is 6.54 Å². The molecule has 0 radical (unpaired) electrons. The van der Waals surface area contributed by atoms with Crippen LogP contribution in [0.2, 0.25) is 0 Å². The van der Waals surface area contributed by atoms with Gasteiger partial charge in [0.05, 0.1) is 13.2 Å². The molecule has 1 aromatic rings. The molecule has 0 unspecified atom stereocenters. The fraction of sp³-hybridized carbons (Fsp3) is 0.562. The van der Waals surface area contributed by atoms with Crippen molar-refractivity contribution < 1.29 is 4.74 Å². The lowest BCUT2D eigenvalue weighted by Crippen LogP contribution is -2.32. The second-order valence-electron chi connectivity index (χ2n) is 5.28. The quantitative estimate of drug-likeness (QED) is 0.279. The van der Waals surface area contributed by atoms with Crippen LogP contribution >= 0.6 is 24.0 Å². The van der Waals surface area contributed by atoms with Crippen LogP contribution in [0, 0.1) is 0 Å². The van der Waals surface area contributed by atoms with Crippen LogP contribution in [0.4, 0.5) is 0 Å². The molecule has 0 aliphatic carbocycles. The Morgan fingerprint density at radius 1 is 1.27 bits per heavy atom. The Balaban J connectivity index is 0.00000441. The van der Waals surface area contributed by atoms with E-state index < -0.39 is 0 Å². The first-order chi connectivity index (χ1) is 10.1. The smallest absolute Gasteiger partial charge is 0.188 e. The first kappa shape index (κ1) is 21.0. The van der Waals surface area contributed by atoms with Crippen LogP contribution in [0.15, 0.2) is 29.3 Å². The van der Waals surface area contributed by atoms with Crippen molar-refractivity contribution in [3.8, 4) is 5.75 Å². The molecule has 0 heterocycles. The molecule has 1 rings (SSSR count). The maximum absolute atomic E-state index is 5.75. The molecule has 0 aliphatic heterocycles. The summed E-state index contributed by atoms with van der Waals surface area (Å²) in [7, 11) is 4.13. The number of halogens is 1. The summed E-state index contributed by atoms with van der Waals surface area (Å²) >= 11 is 0. The highest BCUT2D eigenvalue weighted by atomic mass is 127. The molecule has 0 aromatic heterocycles. The second kappa shape index (κ2) is 12.5. The van der Waals surface area contributed by atoms with Crippen molar-refractivity contribution in [2.24, 2.45) is 10.7 Å². The lowest BCUT2D eigenvalue weighted by molar-refractivity contribution is 0.281. The standard InChI is InChI=1S/C16H28N4O.HI/c1-4-10-18-16(17)19-13-14-6-8-15(9-7-14)21-12-5-11-20(2)3;/h6-9H,4-5,10-13H2,1-3H3,(H3,17,18,19);1H. The molecular formula is C16H29IN4O. The molecule has 1 aromatic carbocycles. The predicted molar refractivity (Wildman–Crippen MR) is 104 cm³/mol. The maximum atomic E-state index is 5.75. The number of rotatable bonds is 9. The highest BCUT2D eigenvalue weighted by Gasteiger charge is 1.97. The van der Waals surface area contributed by atoms with Gasteiger partial charge >= 0.3 is 0 Å². The van der Waals surface area contributed by atoms with Gasteiger partial charge in [-0.3, -0.25) is 0 Å². The molecule has 0 atom stereocenters. The first-order valence-electron chi connectivity index (χ1n) is 7.52. The van der Waals surface area contributed by atoms with Gasteiger partial charge in [-0.2, -0.15) is 0 Å². The molecular weight excluding hydrogens is 391 g/mol. The molecule has 0 saturated heterocycles. The average Bonchev–Trinajstić information content (AvgIpc) is 2.48. The van der Waals surface area contributed by atoms with Gasteiger partial charge in [-0.05, 0) is 44.6 Å². The van der Waals surface area contributed by atoms with Crippen molar-refractivity contribution in [1.29, 1.82) is 0 Å². The lowest BCUT2D eigenvalue weighted by Gasteiger charge is -2.10. The molecule has 0 aliphatic rings. The van der Waals surface area contributed by atoms with Gasteiger partial charge in [0.25, 0.3) is 0 Å². The number of nitrogens with one attached hydrogen (secondary N) is 1. The van der Waals surface area contributed by atoms with Crippen molar-refractivity contribution in [2.75, 3.05) is 33.8 Å². The van der Waals surface area contributed by atoms with Gasteiger partial charge in [-0.1, -0.05) is 19.1 Å². The Bertz CT molecular complexity index is 421. The molecule has 6 heteroatoms. The number of guanidine groups is 1. The Labute approximate surface area is 151 Å². The van der Waals surface area contributed by atoms with E-state index in [2.05, 4.69) is 36.2 Å². The molecule has 0 bridgehead atoms.